The van der Waals surface area contributed by atoms with Gasteiger partial charge in [-0.15, -0.1) is 0 Å². The molecule has 2 aromatic carbocycles. The smallest absolute Gasteiger partial charge is 0.335 e. The number of rotatable bonds is 9. The molecule has 4 heterocycles. The summed E-state index contributed by atoms with van der Waals surface area (Å²) in [4.78, 5) is 45.1. The summed E-state index contributed by atoms with van der Waals surface area (Å²) in [6.45, 7) is 8.33. The molecule has 0 aliphatic rings. The first kappa shape index (κ1) is 32.5. The topological polar surface area (TPSA) is 174 Å². The van der Waals surface area contributed by atoms with E-state index in [1.54, 1.807) is 49.2 Å². The molecular weight excluding hydrogens is 600 g/mol. The quantitative estimate of drug-likeness (QED) is 0.160. The lowest BCUT2D eigenvalue weighted by Crippen LogP contribution is -2.29. The van der Waals surface area contributed by atoms with Crippen LogP contribution in [0.25, 0.3) is 44.6 Å². The standard InChI is InChI=1S/C18H19N3O3.C16H17N5O2/c1-4-11(2)21(3)17-16(13-7-8-24-10-13)19-14-6-5-12(18(22)23)9-15(14)20-17;1-9(2)21(3)15-14(11-7-17-18-8-11)19-12-5-4-10(16(22)23)6-13(12)20-15/h5-11H,4H2,1-3H3,(H,22,23);4-9H,1-3H3,(H,17,18)(H,22,23). The van der Waals surface area contributed by atoms with Crippen LogP contribution in [0.2, 0.25) is 0 Å². The monoisotopic (exact) mass is 636 g/mol. The van der Waals surface area contributed by atoms with E-state index in [2.05, 4.69) is 52.8 Å². The van der Waals surface area contributed by atoms with E-state index in [4.69, 9.17) is 19.5 Å². The lowest BCUT2D eigenvalue weighted by molar-refractivity contribution is 0.0686. The predicted octanol–water partition coefficient (Wildman–Crippen LogP) is 6.39. The van der Waals surface area contributed by atoms with Crippen LogP contribution in [0.1, 0.15) is 54.8 Å². The summed E-state index contributed by atoms with van der Waals surface area (Å²) in [7, 11) is 3.90. The molecule has 0 saturated heterocycles. The lowest BCUT2D eigenvalue weighted by Gasteiger charge is -2.26. The van der Waals surface area contributed by atoms with Crippen molar-refractivity contribution in [1.82, 2.24) is 30.1 Å². The van der Waals surface area contributed by atoms with Gasteiger partial charge in [0, 0.05) is 43.5 Å². The molecule has 13 heteroatoms. The van der Waals surface area contributed by atoms with Crippen LogP contribution >= 0.6 is 0 Å². The minimum absolute atomic E-state index is 0.195. The number of furan rings is 1. The molecule has 1 atom stereocenters. The highest BCUT2D eigenvalue weighted by Gasteiger charge is 2.20. The van der Waals surface area contributed by atoms with Gasteiger partial charge in [-0.3, -0.25) is 5.10 Å². The number of nitrogens with zero attached hydrogens (tertiary/aromatic N) is 7. The fraction of sp³-hybridized carbons (Fsp3) is 0.265. The summed E-state index contributed by atoms with van der Waals surface area (Å²) in [5.74, 6) is -0.557. The van der Waals surface area contributed by atoms with Crippen LogP contribution in [0.15, 0.2) is 71.8 Å². The average molecular weight is 637 g/mol. The maximum atomic E-state index is 11.2. The zero-order chi connectivity index (χ0) is 33.8. The number of hydrogen-bond donors (Lipinski definition) is 3. The van der Waals surface area contributed by atoms with Crippen LogP contribution in [-0.4, -0.2) is 78.5 Å². The third kappa shape index (κ3) is 6.88. The maximum Gasteiger partial charge on any atom is 0.335 e. The number of aromatic carboxylic acids is 2. The molecular formula is C34H36N8O5. The second-order valence-corrected chi connectivity index (χ2v) is 11.4. The average Bonchev–Trinajstić information content (AvgIpc) is 3.81. The summed E-state index contributed by atoms with van der Waals surface area (Å²) in [5.41, 5.74) is 5.93. The fourth-order valence-corrected chi connectivity index (χ4v) is 4.74. The molecule has 0 amide bonds. The largest absolute Gasteiger partial charge is 0.478 e. The Morgan fingerprint density at radius 1 is 0.787 bits per heavy atom. The van der Waals surface area contributed by atoms with Gasteiger partial charge in [0.1, 0.15) is 11.4 Å². The minimum atomic E-state index is -0.980. The second kappa shape index (κ2) is 13.6. The van der Waals surface area contributed by atoms with Crippen molar-refractivity contribution in [3.63, 3.8) is 0 Å². The molecule has 6 aromatic rings. The van der Waals surface area contributed by atoms with Crippen molar-refractivity contribution < 1.29 is 24.2 Å². The number of carbonyl (C=O) groups is 2. The number of benzene rings is 2. The molecule has 0 aliphatic heterocycles. The second-order valence-electron chi connectivity index (χ2n) is 11.4. The van der Waals surface area contributed by atoms with Crippen LogP contribution < -0.4 is 9.80 Å². The molecule has 0 aliphatic carbocycles. The van der Waals surface area contributed by atoms with E-state index >= 15 is 0 Å². The van der Waals surface area contributed by atoms with Gasteiger partial charge < -0.3 is 24.4 Å². The summed E-state index contributed by atoms with van der Waals surface area (Å²) in [5, 5.41) is 25.1. The molecule has 1 unspecified atom stereocenters. The Hall–Kier alpha value is -5.85. The number of H-pyrrole nitrogens is 1. The molecule has 47 heavy (non-hydrogen) atoms. The van der Waals surface area contributed by atoms with Gasteiger partial charge >= 0.3 is 11.9 Å². The summed E-state index contributed by atoms with van der Waals surface area (Å²) >= 11 is 0. The molecule has 13 nitrogen and oxygen atoms in total. The molecule has 4 aromatic heterocycles. The Balaban J connectivity index is 0.000000185. The Labute approximate surface area is 270 Å². The number of aromatic amines is 1. The van der Waals surface area contributed by atoms with Crippen LogP contribution in [0, 0.1) is 0 Å². The maximum absolute atomic E-state index is 11.2. The Bertz CT molecular complexity index is 2030. The van der Waals surface area contributed by atoms with E-state index < -0.39 is 11.9 Å². The SMILES string of the molecule is CC(C)N(C)c1nc2cc(C(=O)O)ccc2nc1-c1cn[nH]c1.CCC(C)N(C)c1nc2cc(C(=O)O)ccc2nc1-c1ccoc1. The molecule has 6 rings (SSSR count). The van der Waals surface area contributed by atoms with Crippen molar-refractivity contribution in [2.24, 2.45) is 0 Å². The Morgan fingerprint density at radius 2 is 1.34 bits per heavy atom. The molecule has 0 fully saturated rings. The first-order valence-corrected chi connectivity index (χ1v) is 15.1. The summed E-state index contributed by atoms with van der Waals surface area (Å²) in [6, 6.07) is 11.9. The molecule has 0 bridgehead atoms. The summed E-state index contributed by atoms with van der Waals surface area (Å²) < 4.78 is 5.19. The van der Waals surface area contributed by atoms with Crippen LogP contribution in [0.5, 0.6) is 0 Å². The van der Waals surface area contributed by atoms with Crippen molar-refractivity contribution >= 4 is 45.6 Å². The Kier molecular flexibility index (Phi) is 9.45. The summed E-state index contributed by atoms with van der Waals surface area (Å²) in [6.07, 6.45) is 7.64. The molecule has 0 spiro atoms. The molecule has 0 radical (unpaired) electrons. The van der Waals surface area contributed by atoms with E-state index in [9.17, 15) is 14.7 Å². The number of carboxylic acids is 2. The zero-order valence-electron chi connectivity index (χ0n) is 27.0. The van der Waals surface area contributed by atoms with Crippen molar-refractivity contribution in [3.05, 3.63) is 78.5 Å². The van der Waals surface area contributed by atoms with E-state index in [1.165, 1.54) is 12.1 Å². The molecule has 3 N–H and O–H groups in total. The molecule has 0 saturated carbocycles. The zero-order valence-corrected chi connectivity index (χ0v) is 27.0. The van der Waals surface area contributed by atoms with E-state index in [0.29, 0.717) is 39.4 Å². The van der Waals surface area contributed by atoms with Crippen LogP contribution in [0.4, 0.5) is 11.6 Å². The number of anilines is 2. The molecule has 242 valence electrons. The van der Waals surface area contributed by atoms with E-state index in [1.807, 2.05) is 25.1 Å². The van der Waals surface area contributed by atoms with Gasteiger partial charge in [0.15, 0.2) is 11.6 Å². The van der Waals surface area contributed by atoms with Gasteiger partial charge in [-0.1, -0.05) is 6.92 Å². The van der Waals surface area contributed by atoms with E-state index in [0.717, 1.165) is 23.2 Å². The van der Waals surface area contributed by atoms with Crippen molar-refractivity contribution in [1.29, 1.82) is 0 Å². The fourth-order valence-electron chi connectivity index (χ4n) is 4.74. The van der Waals surface area contributed by atoms with E-state index in [-0.39, 0.29) is 23.2 Å². The van der Waals surface area contributed by atoms with Gasteiger partial charge in [0.05, 0.1) is 51.9 Å². The Morgan fingerprint density at radius 3 is 1.79 bits per heavy atom. The van der Waals surface area contributed by atoms with Gasteiger partial charge in [-0.05, 0) is 69.7 Å². The van der Waals surface area contributed by atoms with Gasteiger partial charge in [0.25, 0.3) is 0 Å². The van der Waals surface area contributed by atoms with Crippen molar-refractivity contribution in [2.45, 2.75) is 46.2 Å². The highest BCUT2D eigenvalue weighted by Crippen LogP contribution is 2.32. The van der Waals surface area contributed by atoms with Crippen molar-refractivity contribution in [3.8, 4) is 22.5 Å². The van der Waals surface area contributed by atoms with Crippen LogP contribution in [-0.2, 0) is 0 Å². The highest BCUT2D eigenvalue weighted by atomic mass is 16.4. The minimum Gasteiger partial charge on any atom is -0.478 e. The number of nitrogens with one attached hydrogen (secondary N) is 1. The predicted molar refractivity (Wildman–Crippen MR) is 180 cm³/mol. The first-order chi connectivity index (χ1) is 22.5. The highest BCUT2D eigenvalue weighted by molar-refractivity contribution is 5.94. The third-order valence-corrected chi connectivity index (χ3v) is 8.05. The third-order valence-electron chi connectivity index (χ3n) is 8.05. The number of hydrogen-bond acceptors (Lipinski definition) is 10. The number of aromatic nitrogens is 6. The van der Waals surface area contributed by atoms with Gasteiger partial charge in [-0.2, -0.15) is 5.10 Å². The number of carboxylic acid groups (broad SMARTS) is 2. The van der Waals surface area contributed by atoms with Gasteiger partial charge in [0.2, 0.25) is 0 Å². The first-order valence-electron chi connectivity index (χ1n) is 15.1. The van der Waals surface area contributed by atoms with Crippen LogP contribution in [0.3, 0.4) is 0 Å². The van der Waals surface area contributed by atoms with Gasteiger partial charge in [-0.25, -0.2) is 29.5 Å². The lowest BCUT2D eigenvalue weighted by atomic mass is 10.1. The normalized spacial score (nSPS) is 11.7. The van der Waals surface area contributed by atoms with Crippen molar-refractivity contribution in [2.75, 3.05) is 23.9 Å². The number of fused-ring (bicyclic) bond motifs is 2.